The summed E-state index contributed by atoms with van der Waals surface area (Å²) in [7, 11) is 0. The number of urea groups is 1. The van der Waals surface area contributed by atoms with Crippen molar-refractivity contribution in [3.8, 4) is 0 Å². The van der Waals surface area contributed by atoms with Crippen molar-refractivity contribution in [1.29, 1.82) is 0 Å². The average molecular weight is 299 g/mol. The van der Waals surface area contributed by atoms with E-state index in [0.29, 0.717) is 19.3 Å². The predicted molar refractivity (Wildman–Crippen MR) is 77.5 cm³/mol. The Morgan fingerprint density at radius 2 is 1.95 bits per heavy atom. The highest BCUT2D eigenvalue weighted by atomic mass is 16.4. The maximum Gasteiger partial charge on any atom is 0.312 e. The summed E-state index contributed by atoms with van der Waals surface area (Å²) < 4.78 is 0. The van der Waals surface area contributed by atoms with Gasteiger partial charge in [0.1, 0.15) is 6.04 Å². The molecule has 1 aliphatic rings. The Morgan fingerprint density at radius 1 is 1.29 bits per heavy atom. The number of hydrogen-bond acceptors (Lipinski definition) is 3. The first kappa shape index (κ1) is 17.3. The Labute approximate surface area is 124 Å². The van der Waals surface area contributed by atoms with Crippen molar-refractivity contribution < 1.29 is 19.5 Å². The van der Waals surface area contributed by atoms with E-state index in [1.54, 1.807) is 0 Å². The number of carbonyl (C=O) groups is 3. The average Bonchev–Trinajstić information content (AvgIpc) is 2.37. The molecule has 120 valence electrons. The van der Waals surface area contributed by atoms with Crippen molar-refractivity contribution in [1.82, 2.24) is 10.6 Å². The molecule has 3 atom stereocenters. The molecule has 7 heteroatoms. The number of aliphatic carboxylic acids is 1. The summed E-state index contributed by atoms with van der Waals surface area (Å²) in [5.74, 6) is -1.29. The van der Waals surface area contributed by atoms with Crippen molar-refractivity contribution in [2.24, 2.45) is 17.6 Å². The number of carboxylic acids is 1. The van der Waals surface area contributed by atoms with E-state index >= 15 is 0 Å². The van der Waals surface area contributed by atoms with E-state index in [9.17, 15) is 14.4 Å². The van der Waals surface area contributed by atoms with Gasteiger partial charge in [0, 0.05) is 6.04 Å². The van der Waals surface area contributed by atoms with E-state index in [1.807, 2.05) is 13.8 Å². The first-order valence-corrected chi connectivity index (χ1v) is 7.38. The molecule has 7 nitrogen and oxygen atoms in total. The summed E-state index contributed by atoms with van der Waals surface area (Å²) >= 11 is 0. The molecule has 3 amide bonds. The molecule has 3 unspecified atom stereocenters. The van der Waals surface area contributed by atoms with Crippen molar-refractivity contribution in [2.75, 3.05) is 0 Å². The molecule has 0 radical (unpaired) electrons. The van der Waals surface area contributed by atoms with Gasteiger partial charge < -0.3 is 21.5 Å². The van der Waals surface area contributed by atoms with E-state index in [4.69, 9.17) is 10.8 Å². The smallest absolute Gasteiger partial charge is 0.312 e. The number of primary amides is 1. The van der Waals surface area contributed by atoms with Gasteiger partial charge in [0.15, 0.2) is 0 Å². The van der Waals surface area contributed by atoms with E-state index in [0.717, 1.165) is 12.8 Å². The summed E-state index contributed by atoms with van der Waals surface area (Å²) in [4.78, 5) is 34.2. The standard InChI is InChI=1S/C14H25N3O4/c1-8(2)6-11(17-14(15)21)12(18)16-10-5-3-4-9(7-10)13(19)20/h8-11H,3-7H2,1-2H3,(H,16,18)(H,19,20)(H3,15,17,21). The minimum atomic E-state index is -0.817. The van der Waals surface area contributed by atoms with Crippen LogP contribution in [0.15, 0.2) is 0 Å². The normalized spacial score (nSPS) is 23.4. The fraction of sp³-hybridized carbons (Fsp3) is 0.786. The van der Waals surface area contributed by atoms with Crippen molar-refractivity contribution in [3.63, 3.8) is 0 Å². The number of rotatable bonds is 6. The van der Waals surface area contributed by atoms with Crippen molar-refractivity contribution in [3.05, 3.63) is 0 Å². The molecule has 21 heavy (non-hydrogen) atoms. The summed E-state index contributed by atoms with van der Waals surface area (Å²) in [5.41, 5.74) is 5.09. The van der Waals surface area contributed by atoms with Gasteiger partial charge in [-0.2, -0.15) is 0 Å². The lowest BCUT2D eigenvalue weighted by molar-refractivity contribution is -0.143. The third kappa shape index (κ3) is 6.01. The van der Waals surface area contributed by atoms with Crippen molar-refractivity contribution in [2.45, 2.75) is 58.0 Å². The molecule has 1 fully saturated rings. The molecule has 0 aromatic heterocycles. The summed E-state index contributed by atoms with van der Waals surface area (Å²) in [6.45, 7) is 3.90. The minimum absolute atomic E-state index is 0.156. The number of nitrogens with two attached hydrogens (primary N) is 1. The van der Waals surface area contributed by atoms with E-state index < -0.39 is 24.0 Å². The molecule has 0 saturated heterocycles. The highest BCUT2D eigenvalue weighted by Gasteiger charge is 2.30. The van der Waals surface area contributed by atoms with E-state index in [1.165, 1.54) is 0 Å². The van der Waals surface area contributed by atoms with Gasteiger partial charge in [0.05, 0.1) is 5.92 Å². The quantitative estimate of drug-likeness (QED) is 0.580. The van der Waals surface area contributed by atoms with Gasteiger partial charge in [0.2, 0.25) is 5.91 Å². The van der Waals surface area contributed by atoms with Crippen LogP contribution in [0.25, 0.3) is 0 Å². The molecular weight excluding hydrogens is 274 g/mol. The van der Waals surface area contributed by atoms with Gasteiger partial charge in [-0.15, -0.1) is 0 Å². The minimum Gasteiger partial charge on any atom is -0.481 e. The lowest BCUT2D eigenvalue weighted by Crippen LogP contribution is -2.52. The Bertz CT molecular complexity index is 398. The maximum absolute atomic E-state index is 12.2. The summed E-state index contributed by atoms with van der Waals surface area (Å²) in [6, 6.07) is -1.56. The highest BCUT2D eigenvalue weighted by Crippen LogP contribution is 2.24. The number of amides is 3. The van der Waals surface area contributed by atoms with Crippen LogP contribution in [-0.2, 0) is 9.59 Å². The number of carboxylic acid groups (broad SMARTS) is 1. The molecular formula is C14H25N3O4. The first-order chi connectivity index (χ1) is 9.79. The number of carbonyl (C=O) groups excluding carboxylic acids is 2. The fourth-order valence-corrected chi connectivity index (χ4v) is 2.72. The zero-order valence-electron chi connectivity index (χ0n) is 12.6. The van der Waals surface area contributed by atoms with Crippen LogP contribution >= 0.6 is 0 Å². The summed E-state index contributed by atoms with van der Waals surface area (Å²) in [5, 5.41) is 14.3. The molecule has 1 saturated carbocycles. The fourth-order valence-electron chi connectivity index (χ4n) is 2.72. The lowest BCUT2D eigenvalue weighted by Gasteiger charge is -2.29. The van der Waals surface area contributed by atoms with Crippen LogP contribution in [0.2, 0.25) is 0 Å². The number of nitrogens with one attached hydrogen (secondary N) is 2. The molecule has 1 rings (SSSR count). The van der Waals surface area contributed by atoms with Crippen LogP contribution in [0, 0.1) is 11.8 Å². The van der Waals surface area contributed by atoms with Crippen LogP contribution in [0.3, 0.4) is 0 Å². The zero-order valence-corrected chi connectivity index (χ0v) is 12.6. The van der Waals surface area contributed by atoms with Crippen LogP contribution in [0.5, 0.6) is 0 Å². The third-order valence-corrected chi connectivity index (χ3v) is 3.71. The van der Waals surface area contributed by atoms with E-state index in [2.05, 4.69) is 10.6 Å². The molecule has 0 spiro atoms. The molecule has 0 aliphatic heterocycles. The Kier molecular flexibility index (Phi) is 6.45. The monoisotopic (exact) mass is 299 g/mol. The van der Waals surface area contributed by atoms with Gasteiger partial charge in [-0.05, 0) is 31.6 Å². The maximum atomic E-state index is 12.2. The Hall–Kier alpha value is -1.79. The van der Waals surface area contributed by atoms with Gasteiger partial charge in [-0.3, -0.25) is 9.59 Å². The van der Waals surface area contributed by atoms with E-state index in [-0.39, 0.29) is 17.9 Å². The second-order valence-electron chi connectivity index (χ2n) is 6.10. The van der Waals surface area contributed by atoms with Gasteiger partial charge >= 0.3 is 12.0 Å². The molecule has 5 N–H and O–H groups in total. The van der Waals surface area contributed by atoms with Crippen LogP contribution in [0.1, 0.15) is 46.0 Å². The Balaban J connectivity index is 2.59. The topological polar surface area (TPSA) is 122 Å². The van der Waals surface area contributed by atoms with Crippen molar-refractivity contribution >= 4 is 17.9 Å². The molecule has 0 bridgehead atoms. The highest BCUT2D eigenvalue weighted by molar-refractivity contribution is 5.86. The third-order valence-electron chi connectivity index (χ3n) is 3.71. The largest absolute Gasteiger partial charge is 0.481 e. The zero-order chi connectivity index (χ0) is 16.0. The van der Waals surface area contributed by atoms with Gasteiger partial charge in [0.25, 0.3) is 0 Å². The molecule has 0 heterocycles. The first-order valence-electron chi connectivity index (χ1n) is 7.38. The molecule has 0 aromatic rings. The van der Waals surface area contributed by atoms with Gasteiger partial charge in [-0.25, -0.2) is 4.79 Å². The summed E-state index contributed by atoms with van der Waals surface area (Å²) in [6.07, 6.45) is 3.12. The van der Waals surface area contributed by atoms with Crippen LogP contribution < -0.4 is 16.4 Å². The second kappa shape index (κ2) is 7.85. The van der Waals surface area contributed by atoms with Crippen LogP contribution in [0.4, 0.5) is 4.79 Å². The Morgan fingerprint density at radius 3 is 2.48 bits per heavy atom. The number of hydrogen-bond donors (Lipinski definition) is 4. The predicted octanol–water partition coefficient (Wildman–Crippen LogP) is 0.829. The molecule has 1 aliphatic carbocycles. The molecule has 0 aromatic carbocycles. The van der Waals surface area contributed by atoms with Crippen LogP contribution in [-0.4, -0.2) is 35.1 Å². The van der Waals surface area contributed by atoms with Gasteiger partial charge in [-0.1, -0.05) is 20.3 Å². The SMILES string of the molecule is CC(C)CC(NC(N)=O)C(=O)NC1CCCC(C(=O)O)C1. The second-order valence-corrected chi connectivity index (χ2v) is 6.10. The lowest BCUT2D eigenvalue weighted by atomic mass is 9.85.